The maximum Gasteiger partial charge on any atom is 0.261 e. The smallest absolute Gasteiger partial charge is 0.261 e. The predicted octanol–water partition coefficient (Wildman–Crippen LogP) is 3.91. The molecule has 2 N–H and O–H groups in total. The standard InChI is InChI=1S/C22H22N6O3S/c1-3-31-19-8-10-20(11-9-19)32(29,30)27-18-6-4-17(5-7-18)23-21-12-13-22(25-24-21)28-15-14-16(2)26-28/h4-15,27H,3H2,1-2H3,(H,23,24). The van der Waals surface area contributed by atoms with Gasteiger partial charge in [-0.2, -0.15) is 5.10 Å². The van der Waals surface area contributed by atoms with Crippen molar-refractivity contribution in [3.63, 3.8) is 0 Å². The van der Waals surface area contributed by atoms with E-state index in [9.17, 15) is 8.42 Å². The number of hydrogen-bond acceptors (Lipinski definition) is 7. The van der Waals surface area contributed by atoms with Gasteiger partial charge in [-0.25, -0.2) is 13.1 Å². The molecule has 0 saturated heterocycles. The van der Waals surface area contributed by atoms with Crippen molar-refractivity contribution in [1.29, 1.82) is 0 Å². The van der Waals surface area contributed by atoms with Crippen LogP contribution in [-0.2, 0) is 10.0 Å². The van der Waals surface area contributed by atoms with E-state index in [0.29, 0.717) is 29.7 Å². The van der Waals surface area contributed by atoms with Crippen LogP contribution in [0.15, 0.2) is 77.8 Å². The van der Waals surface area contributed by atoms with Gasteiger partial charge in [0.05, 0.1) is 17.2 Å². The van der Waals surface area contributed by atoms with E-state index in [-0.39, 0.29) is 4.90 Å². The maximum atomic E-state index is 12.6. The van der Waals surface area contributed by atoms with Gasteiger partial charge in [-0.15, -0.1) is 10.2 Å². The molecular weight excluding hydrogens is 428 g/mol. The van der Waals surface area contributed by atoms with E-state index in [4.69, 9.17) is 4.74 Å². The largest absolute Gasteiger partial charge is 0.494 e. The highest BCUT2D eigenvalue weighted by Gasteiger charge is 2.14. The molecule has 0 bridgehead atoms. The van der Waals surface area contributed by atoms with Crippen LogP contribution in [0.4, 0.5) is 17.2 Å². The Bertz CT molecular complexity index is 1290. The van der Waals surface area contributed by atoms with Crippen molar-refractivity contribution in [1.82, 2.24) is 20.0 Å². The lowest BCUT2D eigenvalue weighted by atomic mass is 10.3. The van der Waals surface area contributed by atoms with Crippen molar-refractivity contribution in [3.8, 4) is 11.6 Å². The quantitative estimate of drug-likeness (QED) is 0.419. The van der Waals surface area contributed by atoms with Crippen LogP contribution >= 0.6 is 0 Å². The van der Waals surface area contributed by atoms with Gasteiger partial charge < -0.3 is 10.1 Å². The minimum absolute atomic E-state index is 0.158. The maximum absolute atomic E-state index is 12.6. The van der Waals surface area contributed by atoms with Gasteiger partial charge in [0.15, 0.2) is 11.6 Å². The fourth-order valence-electron chi connectivity index (χ4n) is 2.92. The summed E-state index contributed by atoms with van der Waals surface area (Å²) >= 11 is 0. The zero-order chi connectivity index (χ0) is 22.6. The van der Waals surface area contributed by atoms with Crippen molar-refractivity contribution in [2.24, 2.45) is 0 Å². The second-order valence-electron chi connectivity index (χ2n) is 6.89. The zero-order valence-electron chi connectivity index (χ0n) is 17.6. The highest BCUT2D eigenvalue weighted by molar-refractivity contribution is 7.92. The number of nitrogens with one attached hydrogen (secondary N) is 2. The lowest BCUT2D eigenvalue weighted by molar-refractivity contribution is 0.340. The fourth-order valence-corrected chi connectivity index (χ4v) is 3.98. The third-order valence-corrected chi connectivity index (χ3v) is 5.86. The van der Waals surface area contributed by atoms with Gasteiger partial charge >= 0.3 is 0 Å². The van der Waals surface area contributed by atoms with Gasteiger partial charge in [0.25, 0.3) is 10.0 Å². The predicted molar refractivity (Wildman–Crippen MR) is 122 cm³/mol. The van der Waals surface area contributed by atoms with Crippen molar-refractivity contribution in [2.45, 2.75) is 18.7 Å². The molecule has 0 aliphatic heterocycles. The summed E-state index contributed by atoms with van der Waals surface area (Å²) in [4.78, 5) is 0.158. The fraction of sp³-hybridized carbons (Fsp3) is 0.136. The molecule has 0 saturated carbocycles. The number of benzene rings is 2. The van der Waals surface area contributed by atoms with Crippen LogP contribution in [0, 0.1) is 6.92 Å². The van der Waals surface area contributed by atoms with Crippen molar-refractivity contribution < 1.29 is 13.2 Å². The molecule has 0 atom stereocenters. The molecule has 4 rings (SSSR count). The van der Waals surface area contributed by atoms with Gasteiger partial charge in [0.1, 0.15) is 5.75 Å². The number of ether oxygens (including phenoxy) is 1. The number of aromatic nitrogens is 4. The van der Waals surface area contributed by atoms with E-state index < -0.39 is 10.0 Å². The van der Waals surface area contributed by atoms with Crippen LogP contribution in [0.3, 0.4) is 0 Å². The Morgan fingerprint density at radius 2 is 1.62 bits per heavy atom. The lowest BCUT2D eigenvalue weighted by Gasteiger charge is -2.10. The molecule has 0 unspecified atom stereocenters. The molecule has 0 spiro atoms. The molecule has 2 aromatic carbocycles. The molecule has 0 aliphatic rings. The van der Waals surface area contributed by atoms with Gasteiger partial charge in [0.2, 0.25) is 0 Å². The molecule has 9 nitrogen and oxygen atoms in total. The topological polar surface area (TPSA) is 111 Å². The summed E-state index contributed by atoms with van der Waals surface area (Å²) in [6.45, 7) is 4.29. The zero-order valence-corrected chi connectivity index (χ0v) is 18.4. The number of anilines is 3. The average Bonchev–Trinajstić information content (AvgIpc) is 3.22. The Morgan fingerprint density at radius 1 is 0.906 bits per heavy atom. The molecular formula is C22H22N6O3S. The normalized spacial score (nSPS) is 11.2. The van der Waals surface area contributed by atoms with Crippen LogP contribution in [-0.4, -0.2) is 35.0 Å². The first kappa shape index (κ1) is 21.3. The number of hydrogen-bond donors (Lipinski definition) is 2. The molecule has 0 aliphatic carbocycles. The Morgan fingerprint density at radius 3 is 2.22 bits per heavy atom. The number of sulfonamides is 1. The van der Waals surface area contributed by atoms with E-state index in [1.54, 1.807) is 53.2 Å². The first-order chi connectivity index (χ1) is 15.4. The number of rotatable bonds is 8. The van der Waals surface area contributed by atoms with E-state index in [1.165, 1.54) is 12.1 Å². The van der Waals surface area contributed by atoms with Crippen LogP contribution in [0.5, 0.6) is 5.75 Å². The van der Waals surface area contributed by atoms with Crippen molar-refractivity contribution in [3.05, 3.63) is 78.6 Å². The summed E-state index contributed by atoms with van der Waals surface area (Å²) in [5.41, 5.74) is 2.08. The minimum Gasteiger partial charge on any atom is -0.494 e. The first-order valence-corrected chi connectivity index (χ1v) is 11.4. The lowest BCUT2D eigenvalue weighted by Crippen LogP contribution is -2.12. The van der Waals surface area contributed by atoms with Gasteiger partial charge in [-0.05, 0) is 80.6 Å². The van der Waals surface area contributed by atoms with Crippen LogP contribution in [0.1, 0.15) is 12.6 Å². The van der Waals surface area contributed by atoms with E-state index >= 15 is 0 Å². The van der Waals surface area contributed by atoms with Crippen LogP contribution < -0.4 is 14.8 Å². The van der Waals surface area contributed by atoms with E-state index in [0.717, 1.165) is 11.4 Å². The number of aryl methyl sites for hydroxylation is 1. The Kier molecular flexibility index (Phi) is 6.04. The second-order valence-corrected chi connectivity index (χ2v) is 8.57. The monoisotopic (exact) mass is 450 g/mol. The van der Waals surface area contributed by atoms with Gasteiger partial charge in [-0.1, -0.05) is 0 Å². The third-order valence-electron chi connectivity index (χ3n) is 4.46. The second kappa shape index (κ2) is 9.06. The Hall–Kier alpha value is -3.92. The number of nitrogens with zero attached hydrogens (tertiary/aromatic N) is 4. The molecule has 2 heterocycles. The molecule has 0 amide bonds. The Balaban J connectivity index is 1.40. The summed E-state index contributed by atoms with van der Waals surface area (Å²) < 4.78 is 34.8. The summed E-state index contributed by atoms with van der Waals surface area (Å²) in [5, 5.41) is 15.8. The van der Waals surface area contributed by atoms with Gasteiger partial charge in [-0.3, -0.25) is 4.72 Å². The van der Waals surface area contributed by atoms with E-state index in [2.05, 4.69) is 25.3 Å². The SMILES string of the molecule is CCOc1ccc(S(=O)(=O)Nc2ccc(Nc3ccc(-n4ccc(C)n4)nn3)cc2)cc1. The van der Waals surface area contributed by atoms with Crippen molar-refractivity contribution >= 4 is 27.2 Å². The first-order valence-electron chi connectivity index (χ1n) is 9.92. The third kappa shape index (κ3) is 5.03. The Labute approximate surface area is 186 Å². The summed E-state index contributed by atoms with van der Waals surface area (Å²) in [6, 6.07) is 18.6. The molecule has 10 heteroatoms. The summed E-state index contributed by atoms with van der Waals surface area (Å²) in [5.74, 6) is 1.79. The van der Waals surface area contributed by atoms with Crippen LogP contribution in [0.25, 0.3) is 5.82 Å². The van der Waals surface area contributed by atoms with Crippen LogP contribution in [0.2, 0.25) is 0 Å². The summed E-state index contributed by atoms with van der Waals surface area (Å²) in [7, 11) is -3.70. The summed E-state index contributed by atoms with van der Waals surface area (Å²) in [6.07, 6.45) is 1.82. The molecule has 4 aromatic rings. The molecule has 0 fully saturated rings. The van der Waals surface area contributed by atoms with Gasteiger partial charge in [0, 0.05) is 17.6 Å². The highest BCUT2D eigenvalue weighted by atomic mass is 32.2. The molecule has 164 valence electrons. The van der Waals surface area contributed by atoms with Crippen molar-refractivity contribution in [2.75, 3.05) is 16.6 Å². The molecule has 2 aromatic heterocycles. The average molecular weight is 451 g/mol. The molecule has 32 heavy (non-hydrogen) atoms. The highest BCUT2D eigenvalue weighted by Crippen LogP contribution is 2.22. The molecule has 0 radical (unpaired) electrons. The minimum atomic E-state index is -3.70. The van der Waals surface area contributed by atoms with E-state index in [1.807, 2.05) is 26.1 Å².